The number of benzene rings is 3. The summed E-state index contributed by atoms with van der Waals surface area (Å²) in [4.78, 5) is 40.6. The lowest BCUT2D eigenvalue weighted by atomic mass is 9.71. The fraction of sp³-hybridized carbons (Fsp3) is 0.314. The summed E-state index contributed by atoms with van der Waals surface area (Å²) in [7, 11) is 0. The molecule has 0 atom stereocenters. The van der Waals surface area contributed by atoms with Gasteiger partial charge in [-0.1, -0.05) is 42.5 Å². The second-order valence-electron chi connectivity index (χ2n) is 11.3. The molecule has 3 aromatic rings. The average molecular weight is 658 g/mol. The first-order valence-corrected chi connectivity index (χ1v) is 15.8. The second-order valence-corrected chi connectivity index (χ2v) is 12.1. The zero-order valence-electron chi connectivity index (χ0n) is 24.5. The van der Waals surface area contributed by atoms with E-state index in [0.29, 0.717) is 58.7 Å². The molecule has 3 aromatic carbocycles. The van der Waals surface area contributed by atoms with Crippen molar-refractivity contribution in [2.45, 2.75) is 64.5 Å². The number of nitro benzene ring substituents is 1. The van der Waals surface area contributed by atoms with Gasteiger partial charge in [-0.2, -0.15) is 0 Å². The van der Waals surface area contributed by atoms with Crippen LogP contribution in [0.25, 0.3) is 0 Å². The van der Waals surface area contributed by atoms with Crippen LogP contribution >= 0.6 is 15.9 Å². The van der Waals surface area contributed by atoms with E-state index in [1.54, 1.807) is 12.1 Å². The van der Waals surface area contributed by atoms with Gasteiger partial charge < -0.3 is 14.4 Å². The first-order chi connectivity index (χ1) is 21.4. The number of nitro groups is 1. The number of non-ortho nitro benzene ring substituents is 1. The number of allylic oxidation sites excluding steroid dienone is 4. The SMILES string of the molecule is CCOc1cc(C2C3=C(CCCC3=O)N(Cc3ccccc3)C3=C2C(=O)CCC3)cc(Br)c1OCc1cccc([N+](=O)[O-])c1. The molecule has 0 amide bonds. The van der Waals surface area contributed by atoms with Crippen LogP contribution in [0, 0.1) is 10.1 Å². The summed E-state index contributed by atoms with van der Waals surface area (Å²) < 4.78 is 12.8. The Morgan fingerprint density at radius 1 is 0.864 bits per heavy atom. The van der Waals surface area contributed by atoms with E-state index >= 15 is 0 Å². The van der Waals surface area contributed by atoms with Crippen LogP contribution in [0.4, 0.5) is 5.69 Å². The molecule has 0 radical (unpaired) electrons. The van der Waals surface area contributed by atoms with Gasteiger partial charge in [-0.25, -0.2) is 0 Å². The number of hydrogen-bond acceptors (Lipinski definition) is 7. The standard InChI is InChI=1S/C35H33BrN2O6/c1-2-43-31-19-24(18-26(36)35(31)44-21-23-11-6-12-25(17-23)38(41)42)32-33-27(13-7-15-29(33)39)37(20-22-9-4-3-5-10-22)28-14-8-16-30(40)34(28)32/h3-6,9-12,17-19,32H,2,7-8,13-16,20-21H2,1H3. The van der Waals surface area contributed by atoms with Crippen molar-refractivity contribution >= 4 is 33.2 Å². The molecular weight excluding hydrogens is 624 g/mol. The minimum Gasteiger partial charge on any atom is -0.490 e. The van der Waals surface area contributed by atoms with Crippen molar-refractivity contribution in [3.8, 4) is 11.5 Å². The smallest absolute Gasteiger partial charge is 0.269 e. The highest BCUT2D eigenvalue weighted by Crippen LogP contribution is 2.51. The Hall–Kier alpha value is -4.24. The predicted octanol–water partition coefficient (Wildman–Crippen LogP) is 7.95. The van der Waals surface area contributed by atoms with E-state index in [0.717, 1.165) is 48.2 Å². The Labute approximate surface area is 264 Å². The van der Waals surface area contributed by atoms with Crippen molar-refractivity contribution in [1.82, 2.24) is 4.90 Å². The van der Waals surface area contributed by atoms with Gasteiger partial charge >= 0.3 is 0 Å². The Bertz CT molecular complexity index is 1650. The Balaban J connectivity index is 1.43. The molecule has 9 heteroatoms. The zero-order valence-corrected chi connectivity index (χ0v) is 26.1. The van der Waals surface area contributed by atoms with Crippen molar-refractivity contribution < 1.29 is 24.0 Å². The van der Waals surface area contributed by atoms with Gasteiger partial charge in [0.2, 0.25) is 0 Å². The Kier molecular flexibility index (Phi) is 8.66. The summed E-state index contributed by atoms with van der Waals surface area (Å²) in [5.41, 5.74) is 6.02. The van der Waals surface area contributed by atoms with Gasteiger partial charge in [0.05, 0.1) is 16.0 Å². The molecule has 0 unspecified atom stereocenters. The number of halogens is 1. The van der Waals surface area contributed by atoms with Crippen LogP contribution < -0.4 is 9.47 Å². The summed E-state index contributed by atoms with van der Waals surface area (Å²) in [6.45, 7) is 2.96. The lowest BCUT2D eigenvalue weighted by molar-refractivity contribution is -0.384. The lowest BCUT2D eigenvalue weighted by Gasteiger charge is -2.44. The third-order valence-corrected chi connectivity index (χ3v) is 9.03. The molecule has 0 saturated carbocycles. The normalized spacial score (nSPS) is 17.0. The first-order valence-electron chi connectivity index (χ1n) is 15.0. The third-order valence-electron chi connectivity index (χ3n) is 8.44. The van der Waals surface area contributed by atoms with Crippen LogP contribution in [-0.4, -0.2) is 28.0 Å². The largest absolute Gasteiger partial charge is 0.490 e. The van der Waals surface area contributed by atoms with Gasteiger partial charge in [-0.05, 0) is 77.4 Å². The lowest BCUT2D eigenvalue weighted by Crippen LogP contribution is -2.38. The van der Waals surface area contributed by atoms with Crippen molar-refractivity contribution in [1.29, 1.82) is 0 Å². The number of Topliss-reactive ketones (excluding diaryl/α,β-unsaturated/α-hetero) is 2. The second kappa shape index (κ2) is 12.8. The fourth-order valence-electron chi connectivity index (χ4n) is 6.58. The minimum absolute atomic E-state index is 0.00777. The van der Waals surface area contributed by atoms with E-state index < -0.39 is 10.8 Å². The number of ketones is 2. The van der Waals surface area contributed by atoms with Gasteiger partial charge in [0, 0.05) is 60.0 Å². The van der Waals surface area contributed by atoms with Crippen LogP contribution in [-0.2, 0) is 22.7 Å². The average Bonchev–Trinajstić information content (AvgIpc) is 3.02. The maximum Gasteiger partial charge on any atom is 0.269 e. The van der Waals surface area contributed by atoms with E-state index in [1.807, 2.05) is 37.3 Å². The van der Waals surface area contributed by atoms with Crippen LogP contribution in [0.2, 0.25) is 0 Å². The molecule has 226 valence electrons. The van der Waals surface area contributed by atoms with Crippen LogP contribution in [0.1, 0.15) is 68.1 Å². The number of carbonyl (C=O) groups excluding carboxylic acids is 2. The van der Waals surface area contributed by atoms with Crippen LogP contribution in [0.3, 0.4) is 0 Å². The summed E-state index contributed by atoms with van der Waals surface area (Å²) in [5.74, 6) is 0.606. The van der Waals surface area contributed by atoms with E-state index in [-0.39, 0.29) is 23.9 Å². The van der Waals surface area contributed by atoms with Crippen molar-refractivity contribution in [2.24, 2.45) is 0 Å². The van der Waals surface area contributed by atoms with Crippen LogP contribution in [0.15, 0.2) is 93.7 Å². The van der Waals surface area contributed by atoms with Crippen molar-refractivity contribution in [3.63, 3.8) is 0 Å². The number of rotatable bonds is 9. The fourth-order valence-corrected chi connectivity index (χ4v) is 7.15. The Morgan fingerprint density at radius 2 is 1.52 bits per heavy atom. The maximum atomic E-state index is 13.8. The number of ether oxygens (including phenoxy) is 2. The molecule has 6 rings (SSSR count). The molecule has 1 heterocycles. The molecule has 2 aliphatic carbocycles. The van der Waals surface area contributed by atoms with Gasteiger partial charge in [-0.3, -0.25) is 19.7 Å². The van der Waals surface area contributed by atoms with Gasteiger partial charge in [0.25, 0.3) is 5.69 Å². The van der Waals surface area contributed by atoms with Crippen molar-refractivity contribution in [3.05, 3.63) is 121 Å². The summed E-state index contributed by atoms with van der Waals surface area (Å²) in [5, 5.41) is 11.2. The van der Waals surface area contributed by atoms with E-state index in [4.69, 9.17) is 9.47 Å². The summed E-state index contributed by atoms with van der Waals surface area (Å²) in [6.07, 6.45) is 4.03. The summed E-state index contributed by atoms with van der Waals surface area (Å²) >= 11 is 3.68. The maximum absolute atomic E-state index is 13.8. The number of nitrogens with zero attached hydrogens (tertiary/aromatic N) is 2. The zero-order chi connectivity index (χ0) is 30.8. The Morgan fingerprint density at radius 3 is 2.16 bits per heavy atom. The molecule has 3 aliphatic rings. The number of carbonyl (C=O) groups is 2. The molecule has 1 aliphatic heterocycles. The minimum atomic E-state index is -0.492. The molecule has 0 bridgehead atoms. The first kappa shape index (κ1) is 29.8. The molecule has 0 fully saturated rings. The topological polar surface area (TPSA) is 99.0 Å². The quantitative estimate of drug-likeness (QED) is 0.170. The highest BCUT2D eigenvalue weighted by Gasteiger charge is 2.43. The van der Waals surface area contributed by atoms with Gasteiger partial charge in [0.1, 0.15) is 6.61 Å². The monoisotopic (exact) mass is 656 g/mol. The van der Waals surface area contributed by atoms with Gasteiger partial charge in [-0.15, -0.1) is 0 Å². The predicted molar refractivity (Wildman–Crippen MR) is 169 cm³/mol. The number of hydrogen-bond donors (Lipinski definition) is 0. The molecule has 44 heavy (non-hydrogen) atoms. The van der Waals surface area contributed by atoms with E-state index in [9.17, 15) is 19.7 Å². The highest BCUT2D eigenvalue weighted by atomic mass is 79.9. The van der Waals surface area contributed by atoms with Gasteiger partial charge in [0.15, 0.2) is 23.1 Å². The molecule has 0 saturated heterocycles. The molecule has 0 spiro atoms. The summed E-state index contributed by atoms with van der Waals surface area (Å²) in [6, 6.07) is 20.3. The van der Waals surface area contributed by atoms with Crippen LogP contribution in [0.5, 0.6) is 11.5 Å². The highest BCUT2D eigenvalue weighted by molar-refractivity contribution is 9.10. The third kappa shape index (κ3) is 5.80. The van der Waals surface area contributed by atoms with E-state index in [2.05, 4.69) is 33.0 Å². The van der Waals surface area contributed by atoms with Crippen molar-refractivity contribution in [2.75, 3.05) is 6.61 Å². The molecule has 0 aromatic heterocycles. The molecule has 8 nitrogen and oxygen atoms in total. The molecular formula is C35H33BrN2O6. The molecule has 0 N–H and O–H groups in total. The van der Waals surface area contributed by atoms with E-state index in [1.165, 1.54) is 12.1 Å².